The highest BCUT2D eigenvalue weighted by atomic mass is 79.9. The number of aromatic nitrogens is 2. The van der Waals surface area contributed by atoms with Crippen LogP contribution in [0.5, 0.6) is 17.2 Å². The lowest BCUT2D eigenvalue weighted by Crippen LogP contribution is -2.21. The zero-order valence-corrected chi connectivity index (χ0v) is 25.5. The van der Waals surface area contributed by atoms with Crippen LogP contribution in [0.4, 0.5) is 10.1 Å². The number of carbonyl (C=O) groups excluding carboxylic acids is 1. The number of halogens is 2. The fourth-order valence-corrected chi connectivity index (χ4v) is 5.07. The van der Waals surface area contributed by atoms with Crippen LogP contribution in [0.2, 0.25) is 0 Å². The Bertz CT molecular complexity index is 2160. The summed E-state index contributed by atoms with van der Waals surface area (Å²) in [5, 5.41) is 8.08. The number of nitrogens with one attached hydrogen (secondary N) is 1. The minimum atomic E-state index is -0.557. The second kappa shape index (κ2) is 12.6. The van der Waals surface area contributed by atoms with Crippen LogP contribution in [0.15, 0.2) is 104 Å². The van der Waals surface area contributed by atoms with E-state index >= 15 is 0 Å². The maximum atomic E-state index is 13.9. The molecule has 6 rings (SSSR count). The fraction of sp³-hybridized carbons (Fsp3) is 0.0909. The van der Waals surface area contributed by atoms with Gasteiger partial charge in [0.15, 0.2) is 23.9 Å². The molecule has 0 aliphatic rings. The minimum Gasteiger partial charge on any atom is -0.496 e. The number of nitrogens with zero attached hydrogens (tertiary/aromatic N) is 3. The number of amides is 1. The number of methoxy groups -OCH3 is 2. The van der Waals surface area contributed by atoms with E-state index in [1.807, 2.05) is 6.07 Å². The molecule has 0 saturated carbocycles. The van der Waals surface area contributed by atoms with Crippen molar-refractivity contribution >= 4 is 55.6 Å². The summed E-state index contributed by atoms with van der Waals surface area (Å²) in [5.74, 6) is 0.574. The number of ether oxygens (including phenoxy) is 3. The molecule has 0 unspecified atom stereocenters. The first-order valence-corrected chi connectivity index (χ1v) is 14.3. The second-order valence-corrected chi connectivity index (χ2v) is 10.5. The number of carbonyl (C=O) groups is 1. The van der Waals surface area contributed by atoms with E-state index in [0.29, 0.717) is 43.8 Å². The topological polar surface area (TPSA) is 117 Å². The Morgan fingerprint density at radius 1 is 0.978 bits per heavy atom. The van der Waals surface area contributed by atoms with Crippen molar-refractivity contribution in [3.63, 3.8) is 0 Å². The molecule has 0 saturated heterocycles. The summed E-state index contributed by atoms with van der Waals surface area (Å²) in [6.07, 6.45) is 1.46. The summed E-state index contributed by atoms with van der Waals surface area (Å²) in [5.41, 5.74) is 1.23. The minimum absolute atomic E-state index is 0.0466. The number of furan rings is 1. The Morgan fingerprint density at radius 3 is 2.56 bits per heavy atom. The molecule has 226 valence electrons. The lowest BCUT2D eigenvalue weighted by atomic mass is 10.2. The maximum absolute atomic E-state index is 13.9. The van der Waals surface area contributed by atoms with E-state index in [1.165, 1.54) is 36.2 Å². The summed E-state index contributed by atoms with van der Waals surface area (Å²) < 4.78 is 38.3. The number of hydrogen-bond donors (Lipinski definition) is 1. The van der Waals surface area contributed by atoms with Gasteiger partial charge in [0.2, 0.25) is 5.82 Å². The van der Waals surface area contributed by atoms with E-state index in [-0.39, 0.29) is 17.3 Å². The van der Waals surface area contributed by atoms with Crippen LogP contribution in [-0.2, 0) is 4.79 Å². The van der Waals surface area contributed by atoms with Crippen molar-refractivity contribution in [2.75, 3.05) is 26.1 Å². The Hall–Kier alpha value is -5.49. The molecule has 1 amide bonds. The molecule has 6 aromatic rings. The third-order valence-electron chi connectivity index (χ3n) is 6.82. The van der Waals surface area contributed by atoms with Crippen LogP contribution in [0.25, 0.3) is 33.5 Å². The molecule has 0 spiro atoms. The zero-order chi connectivity index (χ0) is 31.5. The van der Waals surface area contributed by atoms with Gasteiger partial charge in [0.05, 0.1) is 42.4 Å². The molecule has 0 fully saturated rings. The maximum Gasteiger partial charge on any atom is 0.282 e. The molecule has 0 bridgehead atoms. The molecular weight excluding hydrogens is 647 g/mol. The van der Waals surface area contributed by atoms with Crippen molar-refractivity contribution in [1.82, 2.24) is 9.66 Å². The highest BCUT2D eigenvalue weighted by molar-refractivity contribution is 9.10. The molecule has 2 aromatic heterocycles. The standard InChI is InChI=1S/C33H24BrFN4O6/c1-42-26-12-7-13-27-21(26)15-30(45-27)32-38-24-10-5-3-8-20(24)33(41)39(32)36-17-19-14-28(43-2)29(16-22(19)34)44-18-31(40)37-25-11-6-4-9-23(25)35/h3-17H,18H2,1-2H3,(H,37,40). The predicted octanol–water partition coefficient (Wildman–Crippen LogP) is 6.63. The second-order valence-electron chi connectivity index (χ2n) is 9.64. The fourth-order valence-electron chi connectivity index (χ4n) is 4.65. The first-order valence-electron chi connectivity index (χ1n) is 13.5. The molecule has 45 heavy (non-hydrogen) atoms. The Kier molecular flexibility index (Phi) is 8.30. The van der Waals surface area contributed by atoms with Crippen LogP contribution in [0, 0.1) is 5.82 Å². The first-order chi connectivity index (χ1) is 21.9. The van der Waals surface area contributed by atoms with Crippen LogP contribution in [-0.4, -0.2) is 42.6 Å². The molecule has 4 aromatic carbocycles. The van der Waals surface area contributed by atoms with E-state index in [1.54, 1.807) is 67.8 Å². The van der Waals surface area contributed by atoms with Crippen LogP contribution in [0.1, 0.15) is 5.56 Å². The van der Waals surface area contributed by atoms with E-state index in [9.17, 15) is 14.0 Å². The molecule has 0 aliphatic carbocycles. The van der Waals surface area contributed by atoms with Gasteiger partial charge in [0.1, 0.15) is 17.1 Å². The first kappa shape index (κ1) is 29.6. The third kappa shape index (κ3) is 6.00. The van der Waals surface area contributed by atoms with Gasteiger partial charge in [-0.1, -0.05) is 30.3 Å². The molecule has 2 heterocycles. The van der Waals surface area contributed by atoms with Gasteiger partial charge in [0, 0.05) is 10.0 Å². The summed E-state index contributed by atoms with van der Waals surface area (Å²) in [6, 6.07) is 23.2. The largest absolute Gasteiger partial charge is 0.496 e. The van der Waals surface area contributed by atoms with Gasteiger partial charge in [-0.05, 0) is 70.5 Å². The number of para-hydroxylation sites is 2. The molecule has 10 nitrogen and oxygen atoms in total. The van der Waals surface area contributed by atoms with Crippen molar-refractivity contribution in [2.45, 2.75) is 0 Å². The molecule has 0 aliphatic heterocycles. The van der Waals surface area contributed by atoms with Crippen molar-refractivity contribution < 1.29 is 27.8 Å². The molecule has 12 heteroatoms. The average Bonchev–Trinajstić information content (AvgIpc) is 3.49. The van der Waals surface area contributed by atoms with E-state index < -0.39 is 23.9 Å². The summed E-state index contributed by atoms with van der Waals surface area (Å²) in [7, 11) is 3.02. The van der Waals surface area contributed by atoms with Crippen molar-refractivity contribution in [1.29, 1.82) is 0 Å². The quantitative estimate of drug-likeness (QED) is 0.172. The monoisotopic (exact) mass is 670 g/mol. The number of rotatable bonds is 9. The normalized spacial score (nSPS) is 11.3. The molecular formula is C33H24BrFN4O6. The third-order valence-corrected chi connectivity index (χ3v) is 7.50. The van der Waals surface area contributed by atoms with Gasteiger partial charge >= 0.3 is 0 Å². The number of hydrogen-bond acceptors (Lipinski definition) is 8. The van der Waals surface area contributed by atoms with Crippen LogP contribution in [0.3, 0.4) is 0 Å². The predicted molar refractivity (Wildman–Crippen MR) is 172 cm³/mol. The lowest BCUT2D eigenvalue weighted by molar-refractivity contribution is -0.118. The van der Waals surface area contributed by atoms with Gasteiger partial charge in [-0.15, -0.1) is 0 Å². The highest BCUT2D eigenvalue weighted by Crippen LogP contribution is 2.34. The summed E-state index contributed by atoms with van der Waals surface area (Å²) in [6.45, 7) is -0.394. The summed E-state index contributed by atoms with van der Waals surface area (Å²) in [4.78, 5) is 30.8. The van der Waals surface area contributed by atoms with E-state index in [2.05, 4.69) is 26.3 Å². The van der Waals surface area contributed by atoms with Gasteiger partial charge in [-0.2, -0.15) is 9.78 Å². The van der Waals surface area contributed by atoms with Crippen LogP contribution >= 0.6 is 15.9 Å². The van der Waals surface area contributed by atoms with Gasteiger partial charge in [-0.3, -0.25) is 9.59 Å². The smallest absolute Gasteiger partial charge is 0.282 e. The lowest BCUT2D eigenvalue weighted by Gasteiger charge is -2.13. The van der Waals surface area contributed by atoms with Gasteiger partial charge < -0.3 is 23.9 Å². The highest BCUT2D eigenvalue weighted by Gasteiger charge is 2.18. The van der Waals surface area contributed by atoms with Crippen molar-refractivity contribution in [2.24, 2.45) is 5.10 Å². The average molecular weight is 671 g/mol. The van der Waals surface area contributed by atoms with E-state index in [4.69, 9.17) is 23.6 Å². The number of anilines is 1. The van der Waals surface area contributed by atoms with E-state index in [0.717, 1.165) is 5.39 Å². The zero-order valence-electron chi connectivity index (χ0n) is 23.9. The summed E-state index contributed by atoms with van der Waals surface area (Å²) >= 11 is 3.50. The number of benzene rings is 4. The SMILES string of the molecule is COc1cc(C=Nn2c(-c3cc4c(OC)cccc4o3)nc3ccccc3c2=O)c(Br)cc1OCC(=O)Nc1ccccc1F. The molecule has 1 N–H and O–H groups in total. The van der Waals surface area contributed by atoms with Gasteiger partial charge in [-0.25, -0.2) is 9.37 Å². The van der Waals surface area contributed by atoms with Crippen molar-refractivity contribution in [3.8, 4) is 28.8 Å². The Labute approximate surface area is 263 Å². The molecule has 0 atom stereocenters. The number of fused-ring (bicyclic) bond motifs is 2. The van der Waals surface area contributed by atoms with Gasteiger partial charge in [0.25, 0.3) is 11.5 Å². The van der Waals surface area contributed by atoms with Crippen molar-refractivity contribution in [3.05, 3.63) is 111 Å². The van der Waals surface area contributed by atoms with Crippen LogP contribution < -0.4 is 25.1 Å². The Morgan fingerprint density at radius 2 is 1.76 bits per heavy atom. The Balaban J connectivity index is 1.33. The molecule has 0 radical (unpaired) electrons.